The van der Waals surface area contributed by atoms with Crippen LogP contribution in [-0.4, -0.2) is 61.8 Å². The van der Waals surface area contributed by atoms with Gasteiger partial charge in [0, 0.05) is 18.8 Å². The molecule has 0 aromatic carbocycles. The van der Waals surface area contributed by atoms with Crippen molar-refractivity contribution >= 4 is 23.2 Å². The summed E-state index contributed by atoms with van der Waals surface area (Å²) < 4.78 is 77.5. The first-order chi connectivity index (χ1) is 19.0. The van der Waals surface area contributed by atoms with Crippen molar-refractivity contribution in [2.24, 2.45) is 5.92 Å². The zero-order valence-electron chi connectivity index (χ0n) is 20.9. The van der Waals surface area contributed by atoms with Crippen LogP contribution < -0.4 is 10.6 Å². The summed E-state index contributed by atoms with van der Waals surface area (Å²) >= 11 is 0. The maximum absolute atomic E-state index is 13.9. The minimum absolute atomic E-state index is 0.0196. The molecule has 0 radical (unpaired) electrons. The number of carbonyl (C=O) groups is 2. The summed E-state index contributed by atoms with van der Waals surface area (Å²) in [7, 11) is 0. The number of hydrogen-bond acceptors (Lipinski definition) is 8. The van der Waals surface area contributed by atoms with Gasteiger partial charge in [0.25, 0.3) is 5.91 Å². The molecule has 4 heterocycles. The number of halogens is 5. The van der Waals surface area contributed by atoms with E-state index < -0.39 is 48.6 Å². The molecule has 214 valence electrons. The summed E-state index contributed by atoms with van der Waals surface area (Å²) in [4.78, 5) is 34.9. The fourth-order valence-corrected chi connectivity index (χ4v) is 5.17. The third-order valence-electron chi connectivity index (χ3n) is 7.54. The smallest absolute Gasteiger partial charge is 0.410 e. The Morgan fingerprint density at radius 2 is 1.90 bits per heavy atom. The average Bonchev–Trinajstić information content (AvgIpc) is 3.28. The second kappa shape index (κ2) is 9.66. The number of fused-ring (bicyclic) bond motifs is 1. The van der Waals surface area contributed by atoms with Crippen LogP contribution in [0.4, 0.5) is 26.7 Å². The van der Waals surface area contributed by atoms with Gasteiger partial charge in [-0.05, 0) is 48.9 Å². The lowest BCUT2D eigenvalue weighted by Gasteiger charge is -2.32. The Morgan fingerprint density at radius 3 is 2.58 bits per heavy atom. The molecule has 1 aliphatic heterocycles. The van der Waals surface area contributed by atoms with Crippen LogP contribution in [0.25, 0.3) is 11.2 Å². The molecule has 2 atom stereocenters. The van der Waals surface area contributed by atoms with E-state index in [-0.39, 0.29) is 66.7 Å². The molecule has 6 rings (SSSR count). The van der Waals surface area contributed by atoms with Crippen molar-refractivity contribution in [1.29, 1.82) is 0 Å². The molecule has 16 heteroatoms. The van der Waals surface area contributed by atoms with Crippen LogP contribution in [0, 0.1) is 5.92 Å². The number of pyridine rings is 1. The summed E-state index contributed by atoms with van der Waals surface area (Å²) in [6.07, 6.45) is -3.38. The molecular formula is C24H24F5N7O4. The zero-order chi connectivity index (χ0) is 28.2. The number of aromatic nitrogens is 4. The predicted octanol–water partition coefficient (Wildman–Crippen LogP) is 4.24. The molecule has 3 amide bonds. The molecule has 3 aliphatic rings. The van der Waals surface area contributed by atoms with Crippen molar-refractivity contribution in [3.63, 3.8) is 0 Å². The van der Waals surface area contributed by atoms with Gasteiger partial charge in [-0.1, -0.05) is 5.16 Å². The van der Waals surface area contributed by atoms with Gasteiger partial charge in [0.1, 0.15) is 17.8 Å². The zero-order valence-corrected chi connectivity index (χ0v) is 20.9. The molecule has 0 spiro atoms. The molecule has 2 N–H and O–H groups in total. The number of alkyl halides is 5. The lowest BCUT2D eigenvalue weighted by Crippen LogP contribution is -2.40. The van der Waals surface area contributed by atoms with Gasteiger partial charge in [0.2, 0.25) is 11.8 Å². The fourth-order valence-electron chi connectivity index (χ4n) is 5.17. The number of amides is 3. The number of urea groups is 1. The van der Waals surface area contributed by atoms with E-state index in [2.05, 4.69) is 25.6 Å². The Balaban J connectivity index is 1.24. The Kier molecular flexibility index (Phi) is 6.37. The molecule has 2 unspecified atom stereocenters. The van der Waals surface area contributed by atoms with Crippen molar-refractivity contribution < 1.29 is 40.6 Å². The van der Waals surface area contributed by atoms with E-state index in [9.17, 15) is 31.5 Å². The van der Waals surface area contributed by atoms with E-state index >= 15 is 0 Å². The number of nitrogens with one attached hydrogen (secondary N) is 2. The van der Waals surface area contributed by atoms with Crippen molar-refractivity contribution in [2.45, 2.75) is 75.2 Å². The summed E-state index contributed by atoms with van der Waals surface area (Å²) in [5.41, 5.74) is 1.05. The van der Waals surface area contributed by atoms with E-state index in [4.69, 9.17) is 9.05 Å². The Bertz CT molecular complexity index is 1430. The number of nitrogens with zero attached hydrogens (tertiary/aromatic N) is 5. The van der Waals surface area contributed by atoms with Gasteiger partial charge < -0.3 is 20.0 Å². The normalized spacial score (nSPS) is 22.5. The standard InChI is InChI=1S/C24H24F5N7O4/c25-23(26)7-5-12(6-8-23)17(32-20(37)18-16(11-1-2-11)34-40-35-18)21-33-19-14(39-21)4-3-13(30-19)9-36-10-15(24(27,28)29)31-22(36)38/h3-4,11-12,15,17H,1-2,5-10H2,(H,31,38)(H,32,37). The Morgan fingerprint density at radius 1 is 1.15 bits per heavy atom. The largest absolute Gasteiger partial charge is 0.437 e. The predicted molar refractivity (Wildman–Crippen MR) is 124 cm³/mol. The third kappa shape index (κ3) is 5.30. The quantitative estimate of drug-likeness (QED) is 0.403. The minimum Gasteiger partial charge on any atom is -0.437 e. The maximum Gasteiger partial charge on any atom is 0.410 e. The topological polar surface area (TPSA) is 139 Å². The van der Waals surface area contributed by atoms with Gasteiger partial charge >= 0.3 is 12.2 Å². The Labute approximate surface area is 222 Å². The fraction of sp³-hybridized carbons (Fsp3) is 0.583. The minimum atomic E-state index is -4.58. The van der Waals surface area contributed by atoms with E-state index in [1.165, 1.54) is 12.1 Å². The summed E-state index contributed by atoms with van der Waals surface area (Å²) in [5.74, 6) is -3.70. The molecule has 11 nitrogen and oxygen atoms in total. The summed E-state index contributed by atoms with van der Waals surface area (Å²) in [5, 5.41) is 12.3. The summed E-state index contributed by atoms with van der Waals surface area (Å²) in [6.45, 7) is -0.760. The number of oxazole rings is 1. The second-order valence-corrected chi connectivity index (χ2v) is 10.5. The highest BCUT2D eigenvalue weighted by molar-refractivity contribution is 5.93. The van der Waals surface area contributed by atoms with E-state index in [1.54, 1.807) is 0 Å². The van der Waals surface area contributed by atoms with Crippen LogP contribution in [0.15, 0.2) is 21.2 Å². The molecule has 0 bridgehead atoms. The average molecular weight is 569 g/mol. The lowest BCUT2D eigenvalue weighted by atomic mass is 9.82. The molecule has 3 aromatic heterocycles. The molecule has 3 fully saturated rings. The second-order valence-electron chi connectivity index (χ2n) is 10.5. The van der Waals surface area contributed by atoms with Crippen LogP contribution in [-0.2, 0) is 6.54 Å². The van der Waals surface area contributed by atoms with Crippen molar-refractivity contribution in [2.75, 3.05) is 6.54 Å². The summed E-state index contributed by atoms with van der Waals surface area (Å²) in [6, 6.07) is -0.737. The first-order valence-electron chi connectivity index (χ1n) is 12.9. The van der Waals surface area contributed by atoms with Crippen molar-refractivity contribution in [1.82, 2.24) is 35.8 Å². The van der Waals surface area contributed by atoms with Crippen LogP contribution in [0.3, 0.4) is 0 Å². The van der Waals surface area contributed by atoms with Crippen molar-refractivity contribution in [3.8, 4) is 0 Å². The van der Waals surface area contributed by atoms with Gasteiger partial charge in [0.15, 0.2) is 16.9 Å². The molecule has 2 aliphatic carbocycles. The monoisotopic (exact) mass is 569 g/mol. The SMILES string of the molecule is O=C(NC(c1nc2nc(CN3CC(C(F)(F)F)NC3=O)ccc2o1)C1CCC(F)(F)CC1)c1nonc1C1CC1. The highest BCUT2D eigenvalue weighted by atomic mass is 19.4. The third-order valence-corrected chi connectivity index (χ3v) is 7.54. The van der Waals surface area contributed by atoms with E-state index in [0.29, 0.717) is 5.69 Å². The van der Waals surface area contributed by atoms with Gasteiger partial charge in [-0.2, -0.15) is 18.2 Å². The first-order valence-corrected chi connectivity index (χ1v) is 12.9. The molecule has 40 heavy (non-hydrogen) atoms. The van der Waals surface area contributed by atoms with Crippen LogP contribution in [0.1, 0.15) is 78.3 Å². The van der Waals surface area contributed by atoms with Crippen LogP contribution in [0.5, 0.6) is 0 Å². The number of carbonyl (C=O) groups excluding carboxylic acids is 2. The van der Waals surface area contributed by atoms with Gasteiger partial charge in [-0.15, -0.1) is 0 Å². The Hall–Kier alpha value is -3.85. The molecular weight excluding hydrogens is 545 g/mol. The first kappa shape index (κ1) is 26.4. The highest BCUT2D eigenvalue weighted by Crippen LogP contribution is 2.43. The molecule has 3 aromatic rings. The highest BCUT2D eigenvalue weighted by Gasteiger charge is 2.47. The maximum atomic E-state index is 13.9. The lowest BCUT2D eigenvalue weighted by molar-refractivity contribution is -0.149. The van der Waals surface area contributed by atoms with E-state index in [1.807, 2.05) is 5.32 Å². The van der Waals surface area contributed by atoms with Gasteiger partial charge in [0.05, 0.1) is 18.8 Å². The molecule has 1 saturated heterocycles. The van der Waals surface area contributed by atoms with Crippen molar-refractivity contribution in [3.05, 3.63) is 35.1 Å². The van der Waals surface area contributed by atoms with Gasteiger partial charge in [-0.25, -0.2) is 23.2 Å². The van der Waals surface area contributed by atoms with Gasteiger partial charge in [-0.3, -0.25) is 4.79 Å². The molecule has 2 saturated carbocycles. The number of hydrogen-bond donors (Lipinski definition) is 2. The van der Waals surface area contributed by atoms with E-state index in [0.717, 1.165) is 17.7 Å². The number of rotatable bonds is 7. The van der Waals surface area contributed by atoms with Crippen LogP contribution >= 0.6 is 0 Å². The van der Waals surface area contributed by atoms with Crippen LogP contribution in [0.2, 0.25) is 0 Å².